The fourth-order valence-electron chi connectivity index (χ4n) is 2.34. The second kappa shape index (κ2) is 5.05. The lowest BCUT2D eigenvalue weighted by Gasteiger charge is -2.07. The van der Waals surface area contributed by atoms with E-state index in [4.69, 9.17) is 4.74 Å². The predicted octanol–water partition coefficient (Wildman–Crippen LogP) is 3.55. The summed E-state index contributed by atoms with van der Waals surface area (Å²) in [5.41, 5.74) is 5.08. The van der Waals surface area contributed by atoms with Gasteiger partial charge in [0.05, 0.1) is 12.7 Å². The quantitative estimate of drug-likeness (QED) is 0.755. The SMILES string of the molecule is C=CC1=C(/C=C\C)c2cccc(C(=O)OC)c2C1. The van der Waals surface area contributed by atoms with Crippen LogP contribution in [0.1, 0.15) is 28.4 Å². The Kier molecular flexibility index (Phi) is 3.47. The Morgan fingerprint density at radius 3 is 2.83 bits per heavy atom. The van der Waals surface area contributed by atoms with Gasteiger partial charge in [-0.25, -0.2) is 4.79 Å². The smallest absolute Gasteiger partial charge is 0.338 e. The number of allylic oxidation sites excluding steroid dienone is 5. The van der Waals surface area contributed by atoms with Gasteiger partial charge in [-0.15, -0.1) is 0 Å². The summed E-state index contributed by atoms with van der Waals surface area (Å²) in [6.07, 6.45) is 6.66. The number of hydrogen-bond donors (Lipinski definition) is 0. The second-order valence-electron chi connectivity index (χ2n) is 4.14. The zero-order chi connectivity index (χ0) is 13.1. The fourth-order valence-corrected chi connectivity index (χ4v) is 2.34. The fraction of sp³-hybridized carbons (Fsp3) is 0.188. The molecular weight excluding hydrogens is 224 g/mol. The molecule has 1 aromatic rings. The van der Waals surface area contributed by atoms with Crippen LogP contribution in [0.25, 0.3) is 5.57 Å². The molecule has 0 saturated heterocycles. The summed E-state index contributed by atoms with van der Waals surface area (Å²) in [4.78, 5) is 11.7. The van der Waals surface area contributed by atoms with Gasteiger partial charge in [0.25, 0.3) is 0 Å². The number of carbonyl (C=O) groups excluding carboxylic acids is 1. The van der Waals surface area contributed by atoms with E-state index in [0.717, 1.165) is 28.7 Å². The van der Waals surface area contributed by atoms with Crippen molar-refractivity contribution in [3.8, 4) is 0 Å². The summed E-state index contributed by atoms with van der Waals surface area (Å²) in [7, 11) is 1.41. The van der Waals surface area contributed by atoms with Gasteiger partial charge in [-0.3, -0.25) is 0 Å². The molecule has 18 heavy (non-hydrogen) atoms. The van der Waals surface area contributed by atoms with Crippen LogP contribution in [0.3, 0.4) is 0 Å². The maximum absolute atomic E-state index is 11.7. The molecule has 0 unspecified atom stereocenters. The number of carbonyl (C=O) groups is 1. The Balaban J connectivity index is 2.58. The van der Waals surface area contributed by atoms with Gasteiger partial charge in [-0.05, 0) is 41.7 Å². The van der Waals surface area contributed by atoms with E-state index in [-0.39, 0.29) is 5.97 Å². The van der Waals surface area contributed by atoms with Gasteiger partial charge in [0.15, 0.2) is 0 Å². The van der Waals surface area contributed by atoms with E-state index in [1.807, 2.05) is 37.3 Å². The molecule has 0 aliphatic heterocycles. The van der Waals surface area contributed by atoms with E-state index in [1.165, 1.54) is 7.11 Å². The molecule has 2 rings (SSSR count). The molecule has 2 nitrogen and oxygen atoms in total. The van der Waals surface area contributed by atoms with Crippen LogP contribution >= 0.6 is 0 Å². The zero-order valence-corrected chi connectivity index (χ0v) is 10.7. The van der Waals surface area contributed by atoms with Crippen molar-refractivity contribution in [3.63, 3.8) is 0 Å². The molecule has 0 N–H and O–H groups in total. The molecule has 0 amide bonds. The molecule has 0 aromatic heterocycles. The third kappa shape index (κ3) is 1.90. The molecule has 1 aliphatic rings. The number of rotatable bonds is 3. The minimum absolute atomic E-state index is 0.281. The number of esters is 1. The third-order valence-corrected chi connectivity index (χ3v) is 3.16. The summed E-state index contributed by atoms with van der Waals surface area (Å²) in [5, 5.41) is 0. The number of methoxy groups -OCH3 is 1. The first-order valence-electron chi connectivity index (χ1n) is 5.91. The highest BCUT2D eigenvalue weighted by atomic mass is 16.5. The Morgan fingerprint density at radius 1 is 1.44 bits per heavy atom. The van der Waals surface area contributed by atoms with Gasteiger partial charge >= 0.3 is 5.97 Å². The molecule has 92 valence electrons. The van der Waals surface area contributed by atoms with Crippen molar-refractivity contribution in [1.29, 1.82) is 0 Å². The molecule has 0 radical (unpaired) electrons. The lowest BCUT2D eigenvalue weighted by Crippen LogP contribution is -2.05. The van der Waals surface area contributed by atoms with E-state index in [0.29, 0.717) is 5.56 Å². The van der Waals surface area contributed by atoms with E-state index in [9.17, 15) is 4.79 Å². The molecule has 0 saturated carbocycles. The Hall–Kier alpha value is -2.09. The summed E-state index contributed by atoms with van der Waals surface area (Å²) in [6, 6.07) is 5.73. The average Bonchev–Trinajstić information content (AvgIpc) is 2.76. The highest BCUT2D eigenvalue weighted by molar-refractivity contribution is 5.96. The molecule has 0 spiro atoms. The van der Waals surface area contributed by atoms with Gasteiger partial charge in [-0.2, -0.15) is 0 Å². The van der Waals surface area contributed by atoms with Crippen LogP contribution in [-0.4, -0.2) is 13.1 Å². The summed E-state index contributed by atoms with van der Waals surface area (Å²) in [6.45, 7) is 5.83. The summed E-state index contributed by atoms with van der Waals surface area (Å²) in [5.74, 6) is -0.281. The largest absolute Gasteiger partial charge is 0.465 e. The molecule has 0 heterocycles. The number of fused-ring (bicyclic) bond motifs is 1. The van der Waals surface area contributed by atoms with Gasteiger partial charge in [0, 0.05) is 0 Å². The standard InChI is InChI=1S/C16H16O2/c1-4-7-12-11(5-2)10-15-13(12)8-6-9-14(15)16(17)18-3/h4-9H,2,10H2,1,3H3/b7-4-. The van der Waals surface area contributed by atoms with Gasteiger partial charge in [-0.1, -0.05) is 36.9 Å². The molecule has 0 bridgehead atoms. The first kappa shape index (κ1) is 12.4. The minimum atomic E-state index is -0.281. The van der Waals surface area contributed by atoms with Crippen molar-refractivity contribution < 1.29 is 9.53 Å². The van der Waals surface area contributed by atoms with Gasteiger partial charge in [0.1, 0.15) is 0 Å². The van der Waals surface area contributed by atoms with Crippen LogP contribution in [0.15, 0.2) is 48.6 Å². The van der Waals surface area contributed by atoms with Crippen LogP contribution in [-0.2, 0) is 11.2 Å². The lowest BCUT2D eigenvalue weighted by atomic mass is 10.00. The lowest BCUT2D eigenvalue weighted by molar-refractivity contribution is 0.0599. The summed E-state index contributed by atoms with van der Waals surface area (Å²) < 4.78 is 4.82. The molecule has 0 fully saturated rings. The monoisotopic (exact) mass is 240 g/mol. The van der Waals surface area contributed by atoms with Crippen molar-refractivity contribution in [2.45, 2.75) is 13.3 Å². The topological polar surface area (TPSA) is 26.3 Å². The highest BCUT2D eigenvalue weighted by Crippen LogP contribution is 2.36. The Bertz CT molecular complexity index is 562. The van der Waals surface area contributed by atoms with E-state index < -0.39 is 0 Å². The summed E-state index contributed by atoms with van der Waals surface area (Å²) >= 11 is 0. The predicted molar refractivity (Wildman–Crippen MR) is 73.4 cm³/mol. The van der Waals surface area contributed by atoms with Crippen LogP contribution in [0, 0.1) is 0 Å². The van der Waals surface area contributed by atoms with Crippen LogP contribution in [0.2, 0.25) is 0 Å². The van der Waals surface area contributed by atoms with Crippen LogP contribution in [0.5, 0.6) is 0 Å². The van der Waals surface area contributed by atoms with Crippen molar-refractivity contribution >= 4 is 11.5 Å². The second-order valence-corrected chi connectivity index (χ2v) is 4.14. The van der Waals surface area contributed by atoms with Crippen LogP contribution < -0.4 is 0 Å². The third-order valence-electron chi connectivity index (χ3n) is 3.16. The number of hydrogen-bond acceptors (Lipinski definition) is 2. The van der Waals surface area contributed by atoms with Crippen molar-refractivity contribution in [2.75, 3.05) is 7.11 Å². The van der Waals surface area contributed by atoms with E-state index >= 15 is 0 Å². The number of ether oxygens (including phenoxy) is 1. The average molecular weight is 240 g/mol. The number of benzene rings is 1. The van der Waals surface area contributed by atoms with E-state index in [2.05, 4.69) is 12.7 Å². The Labute approximate surface area is 107 Å². The van der Waals surface area contributed by atoms with Gasteiger partial charge < -0.3 is 4.74 Å². The first-order chi connectivity index (χ1) is 8.72. The van der Waals surface area contributed by atoms with Crippen molar-refractivity contribution in [3.05, 3.63) is 65.3 Å². The first-order valence-corrected chi connectivity index (χ1v) is 5.91. The Morgan fingerprint density at radius 2 is 2.22 bits per heavy atom. The van der Waals surface area contributed by atoms with E-state index in [1.54, 1.807) is 0 Å². The maximum Gasteiger partial charge on any atom is 0.338 e. The van der Waals surface area contributed by atoms with Crippen molar-refractivity contribution in [1.82, 2.24) is 0 Å². The normalized spacial score (nSPS) is 13.9. The molecular formula is C16H16O2. The van der Waals surface area contributed by atoms with Crippen LogP contribution in [0.4, 0.5) is 0 Å². The highest BCUT2D eigenvalue weighted by Gasteiger charge is 2.23. The van der Waals surface area contributed by atoms with Crippen molar-refractivity contribution in [2.24, 2.45) is 0 Å². The zero-order valence-electron chi connectivity index (χ0n) is 10.7. The molecule has 0 atom stereocenters. The molecule has 1 aliphatic carbocycles. The molecule has 1 aromatic carbocycles. The molecule has 2 heteroatoms. The van der Waals surface area contributed by atoms with Gasteiger partial charge in [0.2, 0.25) is 0 Å². The minimum Gasteiger partial charge on any atom is -0.465 e. The maximum atomic E-state index is 11.7.